The van der Waals surface area contributed by atoms with Crippen LogP contribution in [0.2, 0.25) is 0 Å². The van der Waals surface area contributed by atoms with Crippen LogP contribution in [0.3, 0.4) is 0 Å². The first-order chi connectivity index (χ1) is 8.77. The van der Waals surface area contributed by atoms with Gasteiger partial charge in [0.1, 0.15) is 0 Å². The number of benzene rings is 1. The number of hydrogen-bond donors (Lipinski definition) is 0. The summed E-state index contributed by atoms with van der Waals surface area (Å²) in [6.45, 7) is 4.26. The van der Waals surface area contributed by atoms with E-state index in [1.54, 1.807) is 0 Å². The maximum atomic E-state index is 5.48. The molecule has 1 aliphatic heterocycles. The lowest BCUT2D eigenvalue weighted by Crippen LogP contribution is -2.29. The minimum atomic E-state index is 0.958. The highest BCUT2D eigenvalue weighted by Gasteiger charge is 2.11. The van der Waals surface area contributed by atoms with Crippen molar-refractivity contribution in [2.24, 2.45) is 0 Å². The van der Waals surface area contributed by atoms with Crippen LogP contribution in [0.25, 0.3) is 5.57 Å². The number of likely N-dealkylation sites (tertiary alicyclic amines) is 1. The van der Waals surface area contributed by atoms with Crippen molar-refractivity contribution in [2.75, 3.05) is 13.1 Å². The first-order valence-electron chi connectivity index (χ1n) is 6.77. The van der Waals surface area contributed by atoms with Crippen molar-refractivity contribution in [2.45, 2.75) is 32.6 Å². The molecule has 0 aliphatic carbocycles. The van der Waals surface area contributed by atoms with E-state index in [4.69, 9.17) is 12.2 Å². The minimum absolute atomic E-state index is 0.958. The Morgan fingerprint density at radius 3 is 2.78 bits per heavy atom. The van der Waals surface area contributed by atoms with E-state index in [0.717, 1.165) is 24.5 Å². The van der Waals surface area contributed by atoms with E-state index in [9.17, 15) is 0 Å². The van der Waals surface area contributed by atoms with Crippen LogP contribution in [0.4, 0.5) is 0 Å². The predicted octanol–water partition coefficient (Wildman–Crippen LogP) is 4.29. The molecule has 0 spiro atoms. The number of hydrogen-bond acceptors (Lipinski definition) is 1. The zero-order valence-electron chi connectivity index (χ0n) is 11.1. The SMILES string of the molecule is C/C(=C\CN1CCCCCC1=S)c1ccccc1. The molecule has 1 nitrogen and oxygen atoms in total. The molecule has 0 unspecified atom stereocenters. The maximum absolute atomic E-state index is 5.48. The highest BCUT2D eigenvalue weighted by molar-refractivity contribution is 7.80. The van der Waals surface area contributed by atoms with Gasteiger partial charge in [0.15, 0.2) is 0 Å². The van der Waals surface area contributed by atoms with Gasteiger partial charge >= 0.3 is 0 Å². The third-order valence-electron chi connectivity index (χ3n) is 3.52. The predicted molar refractivity (Wildman–Crippen MR) is 82.7 cm³/mol. The Bertz CT molecular complexity index is 422. The van der Waals surface area contributed by atoms with Crippen molar-refractivity contribution in [1.82, 2.24) is 4.90 Å². The van der Waals surface area contributed by atoms with Gasteiger partial charge in [0.05, 0.1) is 4.99 Å². The Morgan fingerprint density at radius 1 is 1.22 bits per heavy atom. The second kappa shape index (κ2) is 6.69. The standard InChI is InChI=1S/C16H21NS/c1-14(15-8-4-2-5-9-15)11-13-17-12-7-3-6-10-16(17)18/h2,4-5,8-9,11H,3,6-7,10,12-13H2,1H3/b14-11+. The van der Waals surface area contributed by atoms with Gasteiger partial charge in [-0.25, -0.2) is 0 Å². The largest absolute Gasteiger partial charge is 0.362 e. The van der Waals surface area contributed by atoms with Gasteiger partial charge in [0.2, 0.25) is 0 Å². The molecule has 0 aromatic heterocycles. The van der Waals surface area contributed by atoms with Crippen LogP contribution in [0.5, 0.6) is 0 Å². The molecule has 0 radical (unpaired) electrons. The smallest absolute Gasteiger partial charge is 0.0782 e. The summed E-state index contributed by atoms with van der Waals surface area (Å²) < 4.78 is 0. The summed E-state index contributed by atoms with van der Waals surface area (Å²) in [6, 6.07) is 10.5. The lowest BCUT2D eigenvalue weighted by atomic mass is 10.1. The van der Waals surface area contributed by atoms with Crippen LogP contribution < -0.4 is 0 Å². The second-order valence-electron chi connectivity index (χ2n) is 4.90. The molecule has 2 heteroatoms. The van der Waals surface area contributed by atoms with E-state index in [1.807, 2.05) is 0 Å². The van der Waals surface area contributed by atoms with Crippen molar-refractivity contribution in [1.29, 1.82) is 0 Å². The number of rotatable bonds is 3. The van der Waals surface area contributed by atoms with E-state index in [-0.39, 0.29) is 0 Å². The highest BCUT2D eigenvalue weighted by Crippen LogP contribution is 2.15. The van der Waals surface area contributed by atoms with Crippen LogP contribution in [0.1, 0.15) is 38.2 Å². The summed E-state index contributed by atoms with van der Waals surface area (Å²) in [4.78, 5) is 3.50. The fraction of sp³-hybridized carbons (Fsp3) is 0.438. The average Bonchev–Trinajstić information content (AvgIpc) is 2.62. The van der Waals surface area contributed by atoms with Crippen molar-refractivity contribution in [3.63, 3.8) is 0 Å². The Hall–Kier alpha value is -1.15. The van der Waals surface area contributed by atoms with Crippen molar-refractivity contribution >= 4 is 22.8 Å². The summed E-state index contributed by atoms with van der Waals surface area (Å²) in [5, 5.41) is 0. The van der Waals surface area contributed by atoms with Gasteiger partial charge in [-0.15, -0.1) is 0 Å². The lowest BCUT2D eigenvalue weighted by Gasteiger charge is -2.21. The Balaban J connectivity index is 1.99. The van der Waals surface area contributed by atoms with Gasteiger partial charge in [0, 0.05) is 13.1 Å². The molecule has 1 saturated heterocycles. The summed E-state index contributed by atoms with van der Waals surface area (Å²) >= 11 is 5.48. The van der Waals surface area contributed by atoms with Gasteiger partial charge in [-0.3, -0.25) is 0 Å². The summed E-state index contributed by atoms with van der Waals surface area (Å²) in [5.41, 5.74) is 2.64. The van der Waals surface area contributed by atoms with E-state index in [1.165, 1.54) is 30.4 Å². The third kappa shape index (κ3) is 3.67. The van der Waals surface area contributed by atoms with Crippen LogP contribution >= 0.6 is 12.2 Å². The lowest BCUT2D eigenvalue weighted by molar-refractivity contribution is 0.462. The summed E-state index contributed by atoms with van der Waals surface area (Å²) in [7, 11) is 0. The number of nitrogens with zero attached hydrogens (tertiary/aromatic N) is 1. The number of allylic oxidation sites excluding steroid dienone is 1. The Kier molecular flexibility index (Phi) is 4.94. The summed E-state index contributed by atoms with van der Waals surface area (Å²) in [6.07, 6.45) is 7.24. The Morgan fingerprint density at radius 2 is 2.00 bits per heavy atom. The molecule has 1 aromatic carbocycles. The molecule has 1 heterocycles. The molecule has 0 amide bonds. The van der Waals surface area contributed by atoms with Gasteiger partial charge in [0.25, 0.3) is 0 Å². The maximum Gasteiger partial charge on any atom is 0.0782 e. The van der Waals surface area contributed by atoms with Crippen LogP contribution in [-0.4, -0.2) is 23.0 Å². The van der Waals surface area contributed by atoms with Crippen LogP contribution in [0, 0.1) is 0 Å². The van der Waals surface area contributed by atoms with Crippen molar-refractivity contribution < 1.29 is 0 Å². The molecule has 18 heavy (non-hydrogen) atoms. The molecule has 1 aliphatic rings. The minimum Gasteiger partial charge on any atom is -0.362 e. The van der Waals surface area contributed by atoms with E-state index >= 15 is 0 Å². The first kappa shape index (κ1) is 13.3. The van der Waals surface area contributed by atoms with Crippen LogP contribution in [-0.2, 0) is 0 Å². The molecule has 0 atom stereocenters. The third-order valence-corrected chi connectivity index (χ3v) is 3.98. The summed E-state index contributed by atoms with van der Waals surface area (Å²) in [5.74, 6) is 0. The topological polar surface area (TPSA) is 3.24 Å². The molecule has 0 N–H and O–H groups in total. The van der Waals surface area contributed by atoms with Crippen molar-refractivity contribution in [3.8, 4) is 0 Å². The van der Waals surface area contributed by atoms with Crippen LogP contribution in [0.15, 0.2) is 36.4 Å². The van der Waals surface area contributed by atoms with Crippen molar-refractivity contribution in [3.05, 3.63) is 42.0 Å². The van der Waals surface area contributed by atoms with Gasteiger partial charge in [-0.05, 0) is 37.3 Å². The molecular formula is C16H21NS. The fourth-order valence-corrected chi connectivity index (χ4v) is 2.61. The van der Waals surface area contributed by atoms with Gasteiger partial charge in [-0.1, -0.05) is 55.0 Å². The highest BCUT2D eigenvalue weighted by atomic mass is 32.1. The van der Waals surface area contributed by atoms with E-state index < -0.39 is 0 Å². The zero-order valence-corrected chi connectivity index (χ0v) is 11.9. The average molecular weight is 259 g/mol. The molecule has 1 fully saturated rings. The Labute approximate surface area is 116 Å². The van der Waals surface area contributed by atoms with E-state index in [0.29, 0.717) is 0 Å². The van der Waals surface area contributed by atoms with Gasteiger partial charge in [-0.2, -0.15) is 0 Å². The quantitative estimate of drug-likeness (QED) is 0.745. The van der Waals surface area contributed by atoms with E-state index in [2.05, 4.69) is 48.2 Å². The van der Waals surface area contributed by atoms with Gasteiger partial charge < -0.3 is 4.90 Å². The monoisotopic (exact) mass is 259 g/mol. The second-order valence-corrected chi connectivity index (χ2v) is 5.37. The molecule has 96 valence electrons. The first-order valence-corrected chi connectivity index (χ1v) is 7.18. The normalized spacial score (nSPS) is 17.7. The fourth-order valence-electron chi connectivity index (χ4n) is 2.30. The molecule has 0 bridgehead atoms. The zero-order chi connectivity index (χ0) is 12.8. The molecule has 1 aromatic rings. The number of thiocarbonyl (C=S) groups is 1. The molecular weight excluding hydrogens is 238 g/mol. The molecule has 2 rings (SSSR count). The molecule has 0 saturated carbocycles.